The molecule has 3 heterocycles. The number of aromatic nitrogens is 1. The van der Waals surface area contributed by atoms with Crippen LogP contribution in [-0.4, -0.2) is 52.1 Å². The quantitative estimate of drug-likeness (QED) is 0.687. The van der Waals surface area contributed by atoms with Gasteiger partial charge >= 0.3 is 6.09 Å². The molecule has 0 N–H and O–H groups in total. The lowest BCUT2D eigenvalue weighted by Crippen LogP contribution is -2.43. The van der Waals surface area contributed by atoms with Crippen LogP contribution in [0.1, 0.15) is 32.3 Å². The molecule has 1 amide bonds. The molecule has 2 unspecified atom stereocenters. The molecule has 0 saturated carbocycles. The molecule has 160 valence electrons. The highest BCUT2D eigenvalue weighted by atomic mass is 32.2. The zero-order valence-corrected chi connectivity index (χ0v) is 18.5. The first-order valence-electron chi connectivity index (χ1n) is 10.5. The van der Waals surface area contributed by atoms with Gasteiger partial charge in [0.1, 0.15) is 18.1 Å². The molecule has 1 aromatic heterocycles. The molecule has 6 nitrogen and oxygen atoms in total. The largest absolute Gasteiger partial charge is 0.610 e. The molecule has 2 aliphatic heterocycles. The lowest BCUT2D eigenvalue weighted by Gasteiger charge is -2.34. The predicted molar refractivity (Wildman–Crippen MR) is 116 cm³/mol. The highest BCUT2D eigenvalue weighted by molar-refractivity contribution is 7.90. The second kappa shape index (κ2) is 8.86. The Kier molecular flexibility index (Phi) is 6.20. The van der Waals surface area contributed by atoms with Crippen molar-refractivity contribution in [3.8, 4) is 16.9 Å². The van der Waals surface area contributed by atoms with E-state index in [-0.39, 0.29) is 18.3 Å². The zero-order chi connectivity index (χ0) is 21.3. The van der Waals surface area contributed by atoms with Gasteiger partial charge in [-0.1, -0.05) is 6.07 Å². The molecular weight excluding hydrogens is 400 g/mol. The maximum atomic E-state index is 12.1. The SMILES string of the molecule is CC(C)OC(=O)N1CCC(C2Cc3cc(-c4ccc([S+](C)[O-])nc4)ccc3O2)CC1. The number of hydrogen-bond acceptors (Lipinski definition) is 5. The van der Waals surface area contributed by atoms with E-state index in [0.29, 0.717) is 24.0 Å². The second-order valence-corrected chi connectivity index (χ2v) is 9.61. The monoisotopic (exact) mass is 428 g/mol. The summed E-state index contributed by atoms with van der Waals surface area (Å²) in [5, 5.41) is 0.590. The third kappa shape index (κ3) is 4.57. The Balaban J connectivity index is 1.38. The van der Waals surface area contributed by atoms with Crippen molar-refractivity contribution < 1.29 is 18.8 Å². The van der Waals surface area contributed by atoms with Crippen molar-refractivity contribution >= 4 is 17.3 Å². The summed E-state index contributed by atoms with van der Waals surface area (Å²) >= 11 is -1.07. The molecule has 1 saturated heterocycles. The smallest absolute Gasteiger partial charge is 0.410 e. The summed E-state index contributed by atoms with van der Waals surface area (Å²) in [5.41, 5.74) is 3.31. The second-order valence-electron chi connectivity index (χ2n) is 8.28. The number of carbonyl (C=O) groups excluding carboxylic acids is 1. The number of nitrogens with zero attached hydrogens (tertiary/aromatic N) is 2. The summed E-state index contributed by atoms with van der Waals surface area (Å²) in [5.74, 6) is 1.38. The fourth-order valence-electron chi connectivity index (χ4n) is 4.17. The summed E-state index contributed by atoms with van der Waals surface area (Å²) in [6.45, 7) is 5.18. The highest BCUT2D eigenvalue weighted by Crippen LogP contribution is 2.37. The topological polar surface area (TPSA) is 74.7 Å². The van der Waals surface area contributed by atoms with Crippen LogP contribution in [-0.2, 0) is 22.3 Å². The Morgan fingerprint density at radius 3 is 2.60 bits per heavy atom. The van der Waals surface area contributed by atoms with Gasteiger partial charge in [0, 0.05) is 48.5 Å². The van der Waals surface area contributed by atoms with Crippen LogP contribution in [0.4, 0.5) is 4.79 Å². The maximum Gasteiger partial charge on any atom is 0.410 e. The third-order valence-electron chi connectivity index (χ3n) is 5.78. The number of benzene rings is 1. The van der Waals surface area contributed by atoms with Crippen molar-refractivity contribution in [1.82, 2.24) is 9.88 Å². The van der Waals surface area contributed by atoms with Gasteiger partial charge in [-0.15, -0.1) is 0 Å². The summed E-state index contributed by atoms with van der Waals surface area (Å²) in [4.78, 5) is 18.2. The molecule has 1 aromatic carbocycles. The maximum absolute atomic E-state index is 12.1. The van der Waals surface area contributed by atoms with E-state index in [4.69, 9.17) is 9.47 Å². The van der Waals surface area contributed by atoms with Gasteiger partial charge < -0.3 is 18.9 Å². The van der Waals surface area contributed by atoms with E-state index in [0.717, 1.165) is 36.1 Å². The van der Waals surface area contributed by atoms with E-state index in [1.54, 1.807) is 17.4 Å². The average Bonchev–Trinajstić information content (AvgIpc) is 3.17. The minimum absolute atomic E-state index is 0.0902. The number of pyridine rings is 1. The van der Waals surface area contributed by atoms with Gasteiger partial charge in [-0.05, 0) is 61.9 Å². The Hall–Kier alpha value is -2.25. The van der Waals surface area contributed by atoms with Crippen molar-refractivity contribution in [3.63, 3.8) is 0 Å². The normalized spacial score (nSPS) is 20.0. The van der Waals surface area contributed by atoms with Crippen molar-refractivity contribution in [2.75, 3.05) is 19.3 Å². The first-order chi connectivity index (χ1) is 14.4. The molecular formula is C23H28N2O4S. The molecule has 4 rings (SSSR count). The number of amides is 1. The van der Waals surface area contributed by atoms with E-state index in [1.807, 2.05) is 38.1 Å². The minimum atomic E-state index is -1.07. The van der Waals surface area contributed by atoms with Gasteiger partial charge in [-0.2, -0.15) is 0 Å². The fraction of sp³-hybridized carbons (Fsp3) is 0.478. The van der Waals surface area contributed by atoms with Crippen LogP contribution in [0.25, 0.3) is 11.1 Å². The van der Waals surface area contributed by atoms with E-state index in [2.05, 4.69) is 11.1 Å². The highest BCUT2D eigenvalue weighted by Gasteiger charge is 2.34. The van der Waals surface area contributed by atoms with Crippen LogP contribution < -0.4 is 4.74 Å². The predicted octanol–water partition coefficient (Wildman–Crippen LogP) is 4.05. The number of piperidine rings is 1. The third-order valence-corrected chi connectivity index (χ3v) is 6.61. The Bertz CT molecular complexity index is 893. The summed E-state index contributed by atoms with van der Waals surface area (Å²) in [7, 11) is 0. The first-order valence-corrected chi connectivity index (χ1v) is 12.0. The van der Waals surface area contributed by atoms with Crippen LogP contribution in [0.3, 0.4) is 0 Å². The number of fused-ring (bicyclic) bond motifs is 1. The minimum Gasteiger partial charge on any atom is -0.610 e. The summed E-state index contributed by atoms with van der Waals surface area (Å²) < 4.78 is 23.1. The molecule has 0 radical (unpaired) electrons. The molecule has 2 aromatic rings. The average molecular weight is 429 g/mol. The Morgan fingerprint density at radius 2 is 1.97 bits per heavy atom. The van der Waals surface area contributed by atoms with Gasteiger partial charge in [0.05, 0.1) is 6.10 Å². The summed E-state index contributed by atoms with van der Waals surface area (Å²) in [6.07, 6.45) is 6.00. The van der Waals surface area contributed by atoms with Gasteiger partial charge in [0.2, 0.25) is 5.03 Å². The van der Waals surface area contributed by atoms with E-state index in [1.165, 1.54) is 5.56 Å². The number of ether oxygens (including phenoxy) is 2. The van der Waals surface area contributed by atoms with Gasteiger partial charge in [0.25, 0.3) is 0 Å². The molecule has 30 heavy (non-hydrogen) atoms. The zero-order valence-electron chi connectivity index (χ0n) is 17.7. The van der Waals surface area contributed by atoms with Crippen LogP contribution in [0.5, 0.6) is 5.75 Å². The number of carbonyl (C=O) groups is 1. The molecule has 0 spiro atoms. The molecule has 7 heteroatoms. The van der Waals surface area contributed by atoms with Crippen LogP contribution in [0, 0.1) is 5.92 Å². The van der Waals surface area contributed by atoms with Crippen molar-refractivity contribution in [2.24, 2.45) is 5.92 Å². The fourth-order valence-corrected chi connectivity index (χ4v) is 4.63. The number of rotatable bonds is 4. The van der Waals surface area contributed by atoms with Gasteiger partial charge in [-0.3, -0.25) is 0 Å². The van der Waals surface area contributed by atoms with Crippen LogP contribution in [0.2, 0.25) is 0 Å². The van der Waals surface area contributed by atoms with Crippen molar-refractivity contribution in [1.29, 1.82) is 0 Å². The molecule has 0 aliphatic carbocycles. The van der Waals surface area contributed by atoms with Gasteiger partial charge in [0.15, 0.2) is 0 Å². The molecule has 1 fully saturated rings. The Morgan fingerprint density at radius 1 is 1.23 bits per heavy atom. The van der Waals surface area contributed by atoms with Crippen molar-refractivity contribution in [3.05, 3.63) is 42.1 Å². The van der Waals surface area contributed by atoms with E-state index >= 15 is 0 Å². The summed E-state index contributed by atoms with van der Waals surface area (Å²) in [6, 6.07) is 10.0. The lowest BCUT2D eigenvalue weighted by molar-refractivity contribution is 0.0503. The van der Waals surface area contributed by atoms with Gasteiger partial charge in [-0.25, -0.2) is 9.78 Å². The first kappa shape index (κ1) is 21.0. The van der Waals surface area contributed by atoms with Crippen LogP contribution >= 0.6 is 0 Å². The molecule has 0 bridgehead atoms. The number of hydrogen-bond donors (Lipinski definition) is 0. The van der Waals surface area contributed by atoms with E-state index < -0.39 is 11.2 Å². The van der Waals surface area contributed by atoms with Crippen LogP contribution in [0.15, 0.2) is 41.6 Å². The molecule has 2 aliphatic rings. The van der Waals surface area contributed by atoms with E-state index in [9.17, 15) is 9.35 Å². The number of likely N-dealkylation sites (tertiary alicyclic amines) is 1. The molecule has 2 atom stereocenters. The Labute approximate surface area is 180 Å². The lowest BCUT2D eigenvalue weighted by atomic mass is 9.89. The standard InChI is InChI=1S/C23H28N2O4S/c1-15(2)28-23(26)25-10-8-16(9-11-25)21-13-19-12-17(4-6-20(19)29-21)18-5-7-22(24-14-18)30(3)27/h4-7,12,14-16,21H,8-11,13H2,1-3H3. The van der Waals surface area contributed by atoms with Crippen molar-refractivity contribution in [2.45, 2.75) is 50.3 Å².